The summed E-state index contributed by atoms with van der Waals surface area (Å²) in [5.74, 6) is -3.72. The molecule has 0 bridgehead atoms. The maximum Gasteiger partial charge on any atom is 0.303 e. The molecule has 1 rings (SSSR count). The number of aryl methyl sites for hydroxylation is 1. The molecule has 1 heterocycles. The average molecular weight is 218 g/mol. The smallest absolute Gasteiger partial charge is 0.303 e. The van der Waals surface area contributed by atoms with Gasteiger partial charge in [-0.05, 0) is 12.0 Å². The van der Waals surface area contributed by atoms with E-state index in [0.717, 1.165) is 11.6 Å². The van der Waals surface area contributed by atoms with Crippen molar-refractivity contribution in [2.24, 2.45) is 0 Å². The molecule has 1 aromatic rings. The second kappa shape index (κ2) is 4.37. The van der Waals surface area contributed by atoms with E-state index in [-0.39, 0.29) is 6.42 Å². The van der Waals surface area contributed by atoms with Crippen molar-refractivity contribution in [2.45, 2.75) is 32.2 Å². The number of nitrogens with zero attached hydrogens (tertiary/aromatic N) is 2. The van der Waals surface area contributed by atoms with Gasteiger partial charge in [-0.2, -0.15) is 5.10 Å². The fourth-order valence-corrected chi connectivity index (χ4v) is 1.16. The van der Waals surface area contributed by atoms with Gasteiger partial charge in [-0.25, -0.2) is 8.78 Å². The van der Waals surface area contributed by atoms with Crippen molar-refractivity contribution in [3.8, 4) is 0 Å². The standard InChI is InChI=1S/C9H12F2N2O2/c1-9(10,11)6-13-5-7(4-12-13)2-3-8(14)15/h4-5H,2-3,6H2,1H3,(H,14,15). The Kier molecular flexibility index (Phi) is 3.39. The molecule has 6 heteroatoms. The van der Waals surface area contributed by atoms with Gasteiger partial charge < -0.3 is 5.11 Å². The second-order valence-electron chi connectivity index (χ2n) is 3.51. The largest absolute Gasteiger partial charge is 0.481 e. The van der Waals surface area contributed by atoms with E-state index in [1.54, 1.807) is 0 Å². The van der Waals surface area contributed by atoms with Crippen molar-refractivity contribution in [1.29, 1.82) is 0 Å². The minimum Gasteiger partial charge on any atom is -0.481 e. The van der Waals surface area contributed by atoms with Crippen molar-refractivity contribution in [3.63, 3.8) is 0 Å². The maximum atomic E-state index is 12.6. The fraction of sp³-hybridized carbons (Fsp3) is 0.556. The van der Waals surface area contributed by atoms with Crippen LogP contribution >= 0.6 is 0 Å². The number of hydrogen-bond acceptors (Lipinski definition) is 2. The van der Waals surface area contributed by atoms with Gasteiger partial charge in [-0.1, -0.05) is 0 Å². The Bertz CT molecular complexity index is 344. The number of halogens is 2. The molecule has 4 nitrogen and oxygen atoms in total. The molecule has 0 radical (unpaired) electrons. The summed E-state index contributed by atoms with van der Waals surface area (Å²) in [5.41, 5.74) is 0.654. The van der Waals surface area contributed by atoms with Crippen LogP contribution in [0.25, 0.3) is 0 Å². The van der Waals surface area contributed by atoms with E-state index in [1.165, 1.54) is 12.4 Å². The van der Waals surface area contributed by atoms with Crippen molar-refractivity contribution < 1.29 is 18.7 Å². The topological polar surface area (TPSA) is 55.1 Å². The lowest BCUT2D eigenvalue weighted by molar-refractivity contribution is -0.136. The van der Waals surface area contributed by atoms with E-state index in [1.807, 2.05) is 0 Å². The molecular weight excluding hydrogens is 206 g/mol. The molecule has 0 aliphatic rings. The van der Waals surface area contributed by atoms with Crippen LogP contribution in [0.5, 0.6) is 0 Å². The van der Waals surface area contributed by atoms with E-state index in [0.29, 0.717) is 12.0 Å². The van der Waals surface area contributed by atoms with Gasteiger partial charge in [0.15, 0.2) is 0 Å². The van der Waals surface area contributed by atoms with Crippen LogP contribution in [-0.4, -0.2) is 26.8 Å². The molecule has 0 fully saturated rings. The van der Waals surface area contributed by atoms with E-state index < -0.39 is 18.4 Å². The Labute approximate surface area is 85.5 Å². The van der Waals surface area contributed by atoms with Crippen LogP contribution in [0.1, 0.15) is 18.9 Å². The number of hydrogen-bond donors (Lipinski definition) is 1. The minimum absolute atomic E-state index is 0.0196. The van der Waals surface area contributed by atoms with Crippen LogP contribution in [-0.2, 0) is 17.8 Å². The predicted octanol–water partition coefficient (Wildman–Crippen LogP) is 1.56. The highest BCUT2D eigenvalue weighted by Gasteiger charge is 2.22. The number of alkyl halides is 2. The first-order chi connectivity index (χ1) is 6.87. The van der Waals surface area contributed by atoms with E-state index >= 15 is 0 Å². The average Bonchev–Trinajstić information content (AvgIpc) is 2.45. The number of carboxylic acids is 1. The summed E-state index contributed by atoms with van der Waals surface area (Å²) in [5, 5.41) is 12.1. The highest BCUT2D eigenvalue weighted by molar-refractivity contribution is 5.67. The molecule has 84 valence electrons. The SMILES string of the molecule is CC(F)(F)Cn1cc(CCC(=O)O)cn1. The highest BCUT2D eigenvalue weighted by atomic mass is 19.3. The predicted molar refractivity (Wildman–Crippen MR) is 48.8 cm³/mol. The first-order valence-electron chi connectivity index (χ1n) is 4.48. The zero-order chi connectivity index (χ0) is 11.5. The third-order valence-corrected chi connectivity index (χ3v) is 1.75. The molecule has 0 aliphatic heterocycles. The first kappa shape index (κ1) is 11.6. The normalized spacial score (nSPS) is 11.7. The zero-order valence-electron chi connectivity index (χ0n) is 8.28. The molecular formula is C9H12F2N2O2. The Hall–Kier alpha value is -1.46. The van der Waals surface area contributed by atoms with Crippen LogP contribution in [0.15, 0.2) is 12.4 Å². The molecule has 0 aromatic carbocycles. The molecule has 0 saturated carbocycles. The van der Waals surface area contributed by atoms with Gasteiger partial charge in [-0.3, -0.25) is 9.48 Å². The second-order valence-corrected chi connectivity index (χ2v) is 3.51. The summed E-state index contributed by atoms with van der Waals surface area (Å²) < 4.78 is 26.3. The third-order valence-electron chi connectivity index (χ3n) is 1.75. The van der Waals surface area contributed by atoms with E-state index in [2.05, 4.69) is 5.10 Å². The minimum atomic E-state index is -2.81. The Balaban J connectivity index is 2.53. The van der Waals surface area contributed by atoms with Crippen LogP contribution < -0.4 is 0 Å². The summed E-state index contributed by atoms with van der Waals surface area (Å²) in [7, 11) is 0. The fourth-order valence-electron chi connectivity index (χ4n) is 1.16. The monoisotopic (exact) mass is 218 g/mol. The number of aliphatic carboxylic acids is 1. The molecule has 0 atom stereocenters. The molecule has 15 heavy (non-hydrogen) atoms. The lowest BCUT2D eigenvalue weighted by Crippen LogP contribution is -2.19. The van der Waals surface area contributed by atoms with Crippen LogP contribution in [0.2, 0.25) is 0 Å². The molecule has 0 unspecified atom stereocenters. The summed E-state index contributed by atoms with van der Waals surface area (Å²) in [6.45, 7) is 0.325. The number of carboxylic acid groups (broad SMARTS) is 1. The Morgan fingerprint density at radius 1 is 1.67 bits per heavy atom. The summed E-state index contributed by atoms with van der Waals surface area (Å²) in [6, 6.07) is 0. The number of aromatic nitrogens is 2. The van der Waals surface area contributed by atoms with Crippen molar-refractivity contribution in [3.05, 3.63) is 18.0 Å². The Morgan fingerprint density at radius 2 is 2.33 bits per heavy atom. The summed E-state index contributed by atoms with van der Waals surface area (Å²) in [6.07, 6.45) is 3.15. The first-order valence-corrected chi connectivity index (χ1v) is 4.48. The van der Waals surface area contributed by atoms with Crippen LogP contribution in [0.3, 0.4) is 0 Å². The molecule has 0 spiro atoms. The summed E-state index contributed by atoms with van der Waals surface area (Å²) in [4.78, 5) is 10.3. The quantitative estimate of drug-likeness (QED) is 0.815. The highest BCUT2D eigenvalue weighted by Crippen LogP contribution is 2.14. The van der Waals surface area contributed by atoms with E-state index in [4.69, 9.17) is 5.11 Å². The van der Waals surface area contributed by atoms with Gasteiger partial charge >= 0.3 is 5.97 Å². The molecule has 1 N–H and O–H groups in total. The van der Waals surface area contributed by atoms with Gasteiger partial charge in [0.1, 0.15) is 6.54 Å². The van der Waals surface area contributed by atoms with Crippen molar-refractivity contribution >= 4 is 5.97 Å². The van der Waals surface area contributed by atoms with Crippen molar-refractivity contribution in [2.75, 3.05) is 0 Å². The summed E-state index contributed by atoms with van der Waals surface area (Å²) >= 11 is 0. The van der Waals surface area contributed by atoms with Crippen molar-refractivity contribution in [1.82, 2.24) is 9.78 Å². The molecule has 0 aliphatic carbocycles. The third kappa shape index (κ3) is 4.53. The molecule has 0 amide bonds. The van der Waals surface area contributed by atoms with Crippen LogP contribution in [0.4, 0.5) is 8.78 Å². The van der Waals surface area contributed by atoms with Crippen LogP contribution in [0, 0.1) is 0 Å². The van der Waals surface area contributed by atoms with Gasteiger partial charge in [-0.15, -0.1) is 0 Å². The lowest BCUT2D eigenvalue weighted by atomic mass is 10.2. The van der Waals surface area contributed by atoms with Gasteiger partial charge in [0.2, 0.25) is 0 Å². The van der Waals surface area contributed by atoms with Gasteiger partial charge in [0.05, 0.1) is 6.20 Å². The Morgan fingerprint density at radius 3 is 2.87 bits per heavy atom. The van der Waals surface area contributed by atoms with E-state index in [9.17, 15) is 13.6 Å². The lowest BCUT2D eigenvalue weighted by Gasteiger charge is -2.08. The maximum absolute atomic E-state index is 12.6. The van der Waals surface area contributed by atoms with Gasteiger partial charge in [0, 0.05) is 19.5 Å². The number of carbonyl (C=O) groups is 1. The zero-order valence-corrected chi connectivity index (χ0v) is 8.28. The number of rotatable bonds is 5. The molecule has 1 aromatic heterocycles. The molecule has 0 saturated heterocycles. The van der Waals surface area contributed by atoms with Gasteiger partial charge in [0.25, 0.3) is 5.92 Å².